The molecule has 0 amide bonds. The molecule has 0 unspecified atom stereocenters. The van der Waals surface area contributed by atoms with E-state index in [9.17, 15) is 0 Å². The first kappa shape index (κ1) is 14.6. The molecule has 1 aliphatic rings. The van der Waals surface area contributed by atoms with E-state index in [1.165, 1.54) is 48.3 Å². The highest BCUT2D eigenvalue weighted by molar-refractivity contribution is 5.82. The first-order valence-corrected chi connectivity index (χ1v) is 8.06. The molecule has 3 heteroatoms. The summed E-state index contributed by atoms with van der Waals surface area (Å²) < 4.78 is 2.51. The Morgan fingerprint density at radius 3 is 2.43 bits per heavy atom. The van der Waals surface area contributed by atoms with Crippen LogP contribution in [0.4, 0.5) is 0 Å². The predicted octanol–water partition coefficient (Wildman–Crippen LogP) is 3.28. The van der Waals surface area contributed by atoms with Crippen molar-refractivity contribution in [2.45, 2.75) is 33.4 Å². The molecule has 0 saturated carbocycles. The molecule has 0 radical (unpaired) electrons. The van der Waals surface area contributed by atoms with E-state index >= 15 is 0 Å². The Balaban J connectivity index is 1.92. The number of hydrogen-bond acceptors (Lipinski definition) is 2. The van der Waals surface area contributed by atoms with Crippen molar-refractivity contribution in [3.8, 4) is 0 Å². The molecule has 0 atom stereocenters. The monoisotopic (exact) mass is 285 g/mol. The molecule has 0 spiro atoms. The quantitative estimate of drug-likeness (QED) is 0.857. The van der Waals surface area contributed by atoms with Crippen LogP contribution in [0.2, 0.25) is 0 Å². The van der Waals surface area contributed by atoms with Gasteiger partial charge < -0.3 is 9.47 Å². The van der Waals surface area contributed by atoms with Crippen LogP contribution in [0.15, 0.2) is 24.3 Å². The summed E-state index contributed by atoms with van der Waals surface area (Å²) in [5.41, 5.74) is 4.17. The molecular formula is C18H27N3. The Hall–Kier alpha value is -1.32. The van der Waals surface area contributed by atoms with Crippen LogP contribution in [-0.4, -0.2) is 47.6 Å². The molecule has 1 fully saturated rings. The van der Waals surface area contributed by atoms with E-state index in [4.69, 9.17) is 0 Å². The third-order valence-corrected chi connectivity index (χ3v) is 4.57. The van der Waals surface area contributed by atoms with Crippen LogP contribution in [0.5, 0.6) is 0 Å². The Morgan fingerprint density at radius 1 is 1.05 bits per heavy atom. The number of fused-ring (bicyclic) bond motifs is 1. The van der Waals surface area contributed by atoms with Gasteiger partial charge in [-0.2, -0.15) is 0 Å². The number of benzene rings is 1. The zero-order valence-corrected chi connectivity index (χ0v) is 13.8. The van der Waals surface area contributed by atoms with E-state index in [-0.39, 0.29) is 0 Å². The van der Waals surface area contributed by atoms with E-state index in [1.54, 1.807) is 0 Å². The fraction of sp³-hybridized carbons (Fsp3) is 0.556. The molecule has 2 aromatic rings. The number of aromatic nitrogens is 1. The second kappa shape index (κ2) is 5.82. The van der Waals surface area contributed by atoms with Crippen molar-refractivity contribution in [2.24, 2.45) is 0 Å². The maximum atomic E-state index is 2.58. The smallest absolute Gasteiger partial charge is 0.0485 e. The summed E-state index contributed by atoms with van der Waals surface area (Å²) in [6, 6.07) is 9.70. The fourth-order valence-corrected chi connectivity index (χ4v) is 3.38. The molecule has 114 valence electrons. The van der Waals surface area contributed by atoms with Gasteiger partial charge in [-0.25, -0.2) is 0 Å². The van der Waals surface area contributed by atoms with Gasteiger partial charge >= 0.3 is 0 Å². The summed E-state index contributed by atoms with van der Waals surface area (Å²) in [7, 11) is 2.21. The Kier molecular flexibility index (Phi) is 4.05. The Morgan fingerprint density at radius 2 is 1.76 bits per heavy atom. The van der Waals surface area contributed by atoms with Gasteiger partial charge in [-0.3, -0.25) is 4.90 Å². The summed E-state index contributed by atoms with van der Waals surface area (Å²) in [4.78, 5) is 5.00. The highest BCUT2D eigenvalue weighted by Gasteiger charge is 2.18. The van der Waals surface area contributed by atoms with E-state index in [0.29, 0.717) is 6.04 Å². The van der Waals surface area contributed by atoms with Crippen LogP contribution in [0, 0.1) is 6.92 Å². The zero-order chi connectivity index (χ0) is 15.0. The molecule has 1 saturated heterocycles. The van der Waals surface area contributed by atoms with Crippen molar-refractivity contribution in [3.05, 3.63) is 35.5 Å². The maximum absolute atomic E-state index is 2.58. The lowest BCUT2D eigenvalue weighted by Gasteiger charge is -2.32. The van der Waals surface area contributed by atoms with Crippen LogP contribution in [0.1, 0.15) is 31.1 Å². The summed E-state index contributed by atoms with van der Waals surface area (Å²) in [6.45, 7) is 12.5. The van der Waals surface area contributed by atoms with Crippen LogP contribution in [-0.2, 0) is 6.54 Å². The minimum Gasteiger partial charge on any atom is -0.341 e. The molecule has 21 heavy (non-hydrogen) atoms. The number of piperazine rings is 1. The lowest BCUT2D eigenvalue weighted by molar-refractivity contribution is 0.145. The van der Waals surface area contributed by atoms with Gasteiger partial charge in [0.05, 0.1) is 0 Å². The summed E-state index contributed by atoms with van der Waals surface area (Å²) in [5, 5.41) is 1.38. The molecule has 2 heterocycles. The van der Waals surface area contributed by atoms with Gasteiger partial charge in [0.15, 0.2) is 0 Å². The second-order valence-corrected chi connectivity index (χ2v) is 6.74. The predicted molar refractivity (Wildman–Crippen MR) is 89.8 cm³/mol. The van der Waals surface area contributed by atoms with Gasteiger partial charge in [0.25, 0.3) is 0 Å². The number of aryl methyl sites for hydroxylation is 1. The SMILES string of the molecule is Cc1ccc2c(c1)cc(CN1CCN(C)CC1)n2C(C)C. The number of likely N-dealkylation sites (N-methyl/N-ethyl adjacent to an activating group) is 1. The van der Waals surface area contributed by atoms with Crippen molar-refractivity contribution in [1.82, 2.24) is 14.4 Å². The second-order valence-electron chi connectivity index (χ2n) is 6.74. The van der Waals surface area contributed by atoms with Crippen LogP contribution in [0.25, 0.3) is 10.9 Å². The van der Waals surface area contributed by atoms with Crippen LogP contribution >= 0.6 is 0 Å². The number of rotatable bonds is 3. The molecule has 0 bridgehead atoms. The minimum atomic E-state index is 0.507. The van der Waals surface area contributed by atoms with Gasteiger partial charge in [0.2, 0.25) is 0 Å². The third kappa shape index (κ3) is 2.99. The fourth-order valence-electron chi connectivity index (χ4n) is 3.38. The highest BCUT2D eigenvalue weighted by Crippen LogP contribution is 2.26. The highest BCUT2D eigenvalue weighted by atomic mass is 15.3. The van der Waals surface area contributed by atoms with E-state index in [2.05, 4.69) is 66.5 Å². The molecule has 3 nitrogen and oxygen atoms in total. The van der Waals surface area contributed by atoms with Crippen molar-refractivity contribution < 1.29 is 0 Å². The lowest BCUT2D eigenvalue weighted by atomic mass is 10.2. The summed E-state index contributed by atoms with van der Waals surface area (Å²) in [5.74, 6) is 0. The zero-order valence-electron chi connectivity index (χ0n) is 13.8. The molecule has 1 aromatic carbocycles. The molecule has 1 aromatic heterocycles. The van der Waals surface area contributed by atoms with Crippen molar-refractivity contribution in [1.29, 1.82) is 0 Å². The van der Waals surface area contributed by atoms with Gasteiger partial charge in [-0.1, -0.05) is 11.6 Å². The van der Waals surface area contributed by atoms with Gasteiger partial charge in [-0.15, -0.1) is 0 Å². The molecule has 0 N–H and O–H groups in total. The van der Waals surface area contributed by atoms with E-state index in [1.807, 2.05) is 0 Å². The van der Waals surface area contributed by atoms with E-state index in [0.717, 1.165) is 6.54 Å². The maximum Gasteiger partial charge on any atom is 0.0485 e. The molecule has 0 aliphatic carbocycles. The Bertz CT molecular complexity index is 619. The van der Waals surface area contributed by atoms with Crippen molar-refractivity contribution in [3.63, 3.8) is 0 Å². The normalized spacial score (nSPS) is 18.0. The average molecular weight is 285 g/mol. The lowest BCUT2D eigenvalue weighted by Crippen LogP contribution is -2.44. The average Bonchev–Trinajstić information content (AvgIpc) is 2.78. The van der Waals surface area contributed by atoms with Crippen molar-refractivity contribution >= 4 is 10.9 Å². The van der Waals surface area contributed by atoms with Crippen LogP contribution < -0.4 is 0 Å². The number of nitrogens with zero attached hydrogens (tertiary/aromatic N) is 3. The Labute approximate surface area is 128 Å². The first-order chi connectivity index (χ1) is 10.0. The molecule has 3 rings (SSSR count). The summed E-state index contributed by atoms with van der Waals surface area (Å²) in [6.07, 6.45) is 0. The topological polar surface area (TPSA) is 11.4 Å². The number of hydrogen-bond donors (Lipinski definition) is 0. The largest absolute Gasteiger partial charge is 0.341 e. The van der Waals surface area contributed by atoms with E-state index < -0.39 is 0 Å². The van der Waals surface area contributed by atoms with Gasteiger partial charge in [0.1, 0.15) is 0 Å². The minimum absolute atomic E-state index is 0.507. The summed E-state index contributed by atoms with van der Waals surface area (Å²) >= 11 is 0. The van der Waals surface area contributed by atoms with Crippen LogP contribution in [0.3, 0.4) is 0 Å². The molecule has 1 aliphatic heterocycles. The van der Waals surface area contributed by atoms with Gasteiger partial charge in [-0.05, 0) is 46.0 Å². The standard InChI is InChI=1S/C18H27N3/c1-14(2)21-17(13-20-9-7-19(4)8-10-20)12-16-11-15(3)5-6-18(16)21/h5-6,11-12,14H,7-10,13H2,1-4H3. The first-order valence-electron chi connectivity index (χ1n) is 8.06. The van der Waals surface area contributed by atoms with Crippen molar-refractivity contribution in [2.75, 3.05) is 33.2 Å². The van der Waals surface area contributed by atoms with Gasteiger partial charge in [0, 0.05) is 55.4 Å². The third-order valence-electron chi connectivity index (χ3n) is 4.57. The molecular weight excluding hydrogens is 258 g/mol.